The molecule has 1 aliphatic heterocycles. The van der Waals surface area contributed by atoms with Gasteiger partial charge in [0.05, 0.1) is 17.8 Å². The van der Waals surface area contributed by atoms with Crippen molar-refractivity contribution >= 4 is 28.4 Å². The van der Waals surface area contributed by atoms with Crippen molar-refractivity contribution in [3.05, 3.63) is 66.8 Å². The molecule has 0 saturated heterocycles. The first-order chi connectivity index (χ1) is 16.3. The first-order valence-electron chi connectivity index (χ1n) is 11.3. The molecule has 2 unspecified atom stereocenters. The molecule has 2 aromatic carbocycles. The van der Waals surface area contributed by atoms with Gasteiger partial charge in [0.25, 0.3) is 0 Å². The van der Waals surface area contributed by atoms with Crippen LogP contribution in [0.15, 0.2) is 66.4 Å². The first kappa shape index (κ1) is 25.2. The van der Waals surface area contributed by atoms with Crippen molar-refractivity contribution in [2.45, 2.75) is 51.7 Å². The van der Waals surface area contributed by atoms with E-state index in [-0.39, 0.29) is 19.3 Å². The van der Waals surface area contributed by atoms with Gasteiger partial charge in [0.1, 0.15) is 24.2 Å². The molecule has 0 bridgehead atoms. The smallest absolute Gasteiger partial charge is 0.360 e. The topological polar surface area (TPSA) is 83.4 Å². The van der Waals surface area contributed by atoms with Gasteiger partial charge in [0, 0.05) is 12.0 Å². The van der Waals surface area contributed by atoms with Crippen LogP contribution in [0.4, 0.5) is 0 Å². The molecule has 0 saturated carbocycles. The summed E-state index contributed by atoms with van der Waals surface area (Å²) in [6.45, 7) is 12.6. The molecular weight excluding hydrogens is 434 g/mol. The third-order valence-electron chi connectivity index (χ3n) is 5.88. The Morgan fingerprint density at radius 1 is 1.24 bits per heavy atom. The molecule has 3 rings (SSSR count). The number of hydrogen-bond donors (Lipinski definition) is 0. The van der Waals surface area contributed by atoms with E-state index in [1.165, 1.54) is 0 Å². The van der Waals surface area contributed by atoms with Crippen molar-refractivity contribution in [2.24, 2.45) is 5.16 Å². The van der Waals surface area contributed by atoms with Gasteiger partial charge in [-0.25, -0.2) is 9.59 Å². The van der Waals surface area contributed by atoms with Crippen molar-refractivity contribution in [3.8, 4) is 5.75 Å². The van der Waals surface area contributed by atoms with Gasteiger partial charge in [0.15, 0.2) is 0 Å². The molecular formula is C27H31NO6. The largest absolute Gasteiger partial charge is 0.484 e. The Kier molecular flexibility index (Phi) is 8.23. The van der Waals surface area contributed by atoms with Crippen molar-refractivity contribution < 1.29 is 28.6 Å². The molecule has 2 aromatic rings. The first-order valence-corrected chi connectivity index (χ1v) is 11.3. The number of fused-ring (bicyclic) bond motifs is 3. The molecule has 180 valence electrons. The van der Waals surface area contributed by atoms with Crippen LogP contribution in [0.2, 0.25) is 0 Å². The highest BCUT2D eigenvalue weighted by Gasteiger charge is 2.31. The Balaban J connectivity index is 1.67. The summed E-state index contributed by atoms with van der Waals surface area (Å²) in [7, 11) is 0. The van der Waals surface area contributed by atoms with E-state index < -0.39 is 17.5 Å². The minimum absolute atomic E-state index is 0.142. The van der Waals surface area contributed by atoms with Crippen LogP contribution in [0.5, 0.6) is 5.75 Å². The predicted octanol–water partition coefficient (Wildman–Crippen LogP) is 5.12. The number of esters is 1. The van der Waals surface area contributed by atoms with Crippen LogP contribution in [-0.2, 0) is 23.9 Å². The number of oxime groups is 1. The number of carbonyl (C=O) groups excluding carboxylic acids is 2. The van der Waals surface area contributed by atoms with Crippen LogP contribution < -0.4 is 4.74 Å². The van der Waals surface area contributed by atoms with Crippen LogP contribution >= 0.6 is 0 Å². The molecule has 1 aliphatic rings. The fourth-order valence-corrected chi connectivity index (χ4v) is 3.89. The highest BCUT2D eigenvalue weighted by molar-refractivity contribution is 6.16. The lowest BCUT2D eigenvalue weighted by Gasteiger charge is -2.31. The minimum atomic E-state index is -0.712. The van der Waals surface area contributed by atoms with Gasteiger partial charge in [-0.05, 0) is 43.5 Å². The predicted molar refractivity (Wildman–Crippen MR) is 131 cm³/mol. The molecule has 1 heterocycles. The van der Waals surface area contributed by atoms with E-state index in [9.17, 15) is 9.59 Å². The number of ether oxygens (including phenoxy) is 3. The highest BCUT2D eigenvalue weighted by atomic mass is 16.7. The van der Waals surface area contributed by atoms with E-state index in [1.54, 1.807) is 13.0 Å². The molecule has 0 fully saturated rings. The monoisotopic (exact) mass is 465 g/mol. The third kappa shape index (κ3) is 5.72. The summed E-state index contributed by atoms with van der Waals surface area (Å²) in [5.74, 6) is -0.383. The number of benzene rings is 2. The maximum Gasteiger partial charge on any atom is 0.360 e. The molecule has 0 aliphatic carbocycles. The summed E-state index contributed by atoms with van der Waals surface area (Å²) >= 11 is 0. The highest BCUT2D eigenvalue weighted by Crippen LogP contribution is 2.35. The average Bonchev–Trinajstić information content (AvgIpc) is 3.16. The van der Waals surface area contributed by atoms with Crippen LogP contribution in [0.25, 0.3) is 10.8 Å². The quantitative estimate of drug-likeness (QED) is 0.151. The van der Waals surface area contributed by atoms with Gasteiger partial charge >= 0.3 is 11.9 Å². The lowest BCUT2D eigenvalue weighted by molar-refractivity contribution is -0.159. The third-order valence-corrected chi connectivity index (χ3v) is 5.88. The maximum atomic E-state index is 12.5. The Bertz CT molecular complexity index is 1120. The minimum Gasteiger partial charge on any atom is -0.484 e. The summed E-state index contributed by atoms with van der Waals surface area (Å²) in [4.78, 5) is 29.4. The summed E-state index contributed by atoms with van der Waals surface area (Å²) < 4.78 is 17.0. The average molecular weight is 466 g/mol. The molecule has 0 spiro atoms. The molecule has 0 radical (unpaired) electrons. The molecule has 34 heavy (non-hydrogen) atoms. The lowest BCUT2D eigenvalue weighted by atomic mass is 9.92. The number of hydrogen-bond acceptors (Lipinski definition) is 7. The summed E-state index contributed by atoms with van der Waals surface area (Å²) in [5, 5.41) is 6.16. The summed E-state index contributed by atoms with van der Waals surface area (Å²) in [6, 6.07) is 11.8. The second kappa shape index (κ2) is 11.1. The van der Waals surface area contributed by atoms with Crippen molar-refractivity contribution in [3.63, 3.8) is 0 Å². The van der Waals surface area contributed by atoms with Crippen LogP contribution in [-0.4, -0.2) is 42.6 Å². The van der Waals surface area contributed by atoms with Gasteiger partial charge in [-0.15, -0.1) is 6.58 Å². The zero-order chi connectivity index (χ0) is 24.7. The molecule has 7 nitrogen and oxygen atoms in total. The molecule has 2 atom stereocenters. The van der Waals surface area contributed by atoms with Gasteiger partial charge in [-0.1, -0.05) is 55.1 Å². The standard InChI is InChI=1S/C27H31NO6/c1-6-14-27(7-2,15-16-31-26(30)18(3)4)32-17-23(29)34-28-25-19(5)33-22-13-12-20-10-8-9-11-21(20)24(22)25/h6,8-13,19H,1,3,7,14-17H2,2,4-5H3/b28-25-. The van der Waals surface area contributed by atoms with E-state index in [0.29, 0.717) is 36.3 Å². The summed E-state index contributed by atoms with van der Waals surface area (Å²) in [5.41, 5.74) is 0.998. The van der Waals surface area contributed by atoms with Gasteiger partial charge in [-0.3, -0.25) is 0 Å². The zero-order valence-corrected chi connectivity index (χ0v) is 20.0. The molecule has 0 amide bonds. The van der Waals surface area contributed by atoms with E-state index in [1.807, 2.05) is 50.2 Å². The van der Waals surface area contributed by atoms with Gasteiger partial charge < -0.3 is 19.0 Å². The van der Waals surface area contributed by atoms with Crippen molar-refractivity contribution in [1.29, 1.82) is 0 Å². The van der Waals surface area contributed by atoms with E-state index in [4.69, 9.17) is 19.0 Å². The van der Waals surface area contributed by atoms with Crippen LogP contribution in [0.1, 0.15) is 45.6 Å². The van der Waals surface area contributed by atoms with Crippen LogP contribution in [0.3, 0.4) is 0 Å². The number of rotatable bonds is 11. The lowest BCUT2D eigenvalue weighted by Crippen LogP contribution is -2.35. The fraction of sp³-hybridized carbons (Fsp3) is 0.370. The van der Waals surface area contributed by atoms with E-state index in [0.717, 1.165) is 16.3 Å². The van der Waals surface area contributed by atoms with Gasteiger partial charge in [0.2, 0.25) is 0 Å². The maximum absolute atomic E-state index is 12.5. The second-order valence-corrected chi connectivity index (χ2v) is 8.34. The SMILES string of the molecule is C=CCC(CC)(CCOC(=O)C(=C)C)OCC(=O)O/N=C1\c2c(ccc3ccccc23)OC1C. The Labute approximate surface area is 200 Å². The van der Waals surface area contributed by atoms with Crippen molar-refractivity contribution in [2.75, 3.05) is 13.2 Å². The normalized spacial score (nSPS) is 17.5. The van der Waals surface area contributed by atoms with Gasteiger partial charge in [-0.2, -0.15) is 0 Å². The van der Waals surface area contributed by atoms with Crippen molar-refractivity contribution in [1.82, 2.24) is 0 Å². The molecule has 7 heteroatoms. The Morgan fingerprint density at radius 2 is 2.00 bits per heavy atom. The number of carbonyl (C=O) groups is 2. The zero-order valence-electron chi connectivity index (χ0n) is 20.0. The Hall–Kier alpha value is -3.45. The Morgan fingerprint density at radius 3 is 2.71 bits per heavy atom. The summed E-state index contributed by atoms with van der Waals surface area (Å²) in [6.07, 6.45) is 2.85. The number of nitrogens with zero attached hydrogens (tertiary/aromatic N) is 1. The van der Waals surface area contributed by atoms with E-state index in [2.05, 4.69) is 18.3 Å². The molecule has 0 N–H and O–H groups in total. The van der Waals surface area contributed by atoms with Crippen LogP contribution in [0, 0.1) is 0 Å². The van der Waals surface area contributed by atoms with E-state index >= 15 is 0 Å². The molecule has 0 aromatic heterocycles. The second-order valence-electron chi connectivity index (χ2n) is 8.34. The fourth-order valence-electron chi connectivity index (χ4n) is 3.89.